The highest BCUT2D eigenvalue weighted by Crippen LogP contribution is 2.29. The number of nitrogens with zero attached hydrogens (tertiary/aromatic N) is 2. The fourth-order valence-corrected chi connectivity index (χ4v) is 3.76. The van der Waals surface area contributed by atoms with Gasteiger partial charge in [0.1, 0.15) is 18.1 Å². The summed E-state index contributed by atoms with van der Waals surface area (Å²) >= 11 is 12.2. The number of carbonyl (C=O) groups is 2. The number of hydrogen-bond donors (Lipinski definition) is 3. The summed E-state index contributed by atoms with van der Waals surface area (Å²) in [7, 11) is 0. The molecule has 8 nitrogen and oxygen atoms in total. The molecule has 1 amide bonds. The predicted molar refractivity (Wildman–Crippen MR) is 133 cm³/mol. The van der Waals surface area contributed by atoms with Crippen LogP contribution in [0, 0.1) is 11.2 Å². The summed E-state index contributed by atoms with van der Waals surface area (Å²) in [5, 5.41) is 27.1. The van der Waals surface area contributed by atoms with Gasteiger partial charge in [0.2, 0.25) is 5.88 Å². The number of carboxylic acids is 1. The van der Waals surface area contributed by atoms with Crippen LogP contribution < -0.4 is 10.1 Å². The van der Waals surface area contributed by atoms with Crippen molar-refractivity contribution in [3.05, 3.63) is 75.7 Å². The third-order valence-corrected chi connectivity index (χ3v) is 5.96. The van der Waals surface area contributed by atoms with Gasteiger partial charge in [0, 0.05) is 16.1 Å². The molecule has 0 spiro atoms. The van der Waals surface area contributed by atoms with Gasteiger partial charge in [-0.25, -0.2) is 4.39 Å². The number of benzene rings is 2. The highest BCUT2D eigenvalue weighted by molar-refractivity contribution is 6.35. The predicted octanol–water partition coefficient (Wildman–Crippen LogP) is 5.05. The summed E-state index contributed by atoms with van der Waals surface area (Å²) in [5.41, 5.74) is -0.251. The van der Waals surface area contributed by atoms with E-state index in [1.165, 1.54) is 42.5 Å². The molecule has 0 saturated carbocycles. The fraction of sp³-hybridized carbons (Fsp3) is 0.320. The number of aliphatic hydroxyl groups is 1. The average Bonchev–Trinajstić information content (AvgIpc) is 3.20. The van der Waals surface area contributed by atoms with Gasteiger partial charge < -0.3 is 20.3 Å². The Balaban J connectivity index is 1.95. The Morgan fingerprint density at radius 1 is 1.17 bits per heavy atom. The van der Waals surface area contributed by atoms with E-state index in [-0.39, 0.29) is 28.9 Å². The van der Waals surface area contributed by atoms with Crippen LogP contribution in [0.5, 0.6) is 5.88 Å². The van der Waals surface area contributed by atoms with Gasteiger partial charge in [-0.05, 0) is 35.2 Å². The minimum Gasteiger partial charge on any atom is -0.481 e. The molecule has 0 radical (unpaired) electrons. The smallest absolute Gasteiger partial charge is 0.305 e. The minimum absolute atomic E-state index is 0.0212. The summed E-state index contributed by atoms with van der Waals surface area (Å²) in [6, 6.07) is 10.6. The van der Waals surface area contributed by atoms with Crippen LogP contribution in [0.3, 0.4) is 0 Å². The minimum atomic E-state index is -1.16. The van der Waals surface area contributed by atoms with E-state index in [0.717, 1.165) is 4.68 Å². The summed E-state index contributed by atoms with van der Waals surface area (Å²) in [5.74, 6) is -2.48. The Bertz CT molecular complexity index is 1260. The second kappa shape index (κ2) is 11.3. The van der Waals surface area contributed by atoms with Crippen LogP contribution in [0.25, 0.3) is 5.69 Å². The molecular formula is C25H26Cl2FN3O5. The van der Waals surface area contributed by atoms with E-state index >= 15 is 0 Å². The molecule has 3 N–H and O–H groups in total. The molecule has 3 aromatic rings. The summed E-state index contributed by atoms with van der Waals surface area (Å²) in [4.78, 5) is 24.6. The largest absolute Gasteiger partial charge is 0.481 e. The van der Waals surface area contributed by atoms with Crippen molar-refractivity contribution in [3.63, 3.8) is 0 Å². The lowest BCUT2D eigenvalue weighted by Crippen LogP contribution is -2.32. The van der Waals surface area contributed by atoms with E-state index < -0.39 is 41.7 Å². The lowest BCUT2D eigenvalue weighted by atomic mass is 9.90. The molecule has 0 fully saturated rings. The monoisotopic (exact) mass is 537 g/mol. The summed E-state index contributed by atoms with van der Waals surface area (Å²) in [6.45, 7) is 5.36. The van der Waals surface area contributed by atoms with Crippen molar-refractivity contribution in [1.29, 1.82) is 0 Å². The number of ether oxygens (including phenoxy) is 1. The Morgan fingerprint density at radius 3 is 2.47 bits per heavy atom. The van der Waals surface area contributed by atoms with E-state index in [9.17, 15) is 24.2 Å². The molecule has 2 atom stereocenters. The number of carbonyl (C=O) groups excluding carboxylic acids is 1. The van der Waals surface area contributed by atoms with Gasteiger partial charge in [0.05, 0.1) is 18.6 Å². The topological polar surface area (TPSA) is 114 Å². The van der Waals surface area contributed by atoms with Crippen LogP contribution in [0.1, 0.15) is 49.3 Å². The van der Waals surface area contributed by atoms with Gasteiger partial charge in [-0.1, -0.05) is 62.2 Å². The van der Waals surface area contributed by atoms with Crippen molar-refractivity contribution in [2.45, 2.75) is 39.3 Å². The molecule has 3 rings (SSSR count). The highest BCUT2D eigenvalue weighted by Gasteiger charge is 2.27. The standard InChI is InChI=1S/C25H26Cl2FN3O5/c1-25(2,3)21(32)13-36-22-11-19(30-31(22)20-7-5-4-6-17(20)28)24(35)29-18(12-23(33)34)15-9-8-14(26)10-16(15)27/h4-11,18,21,32H,12-13H2,1-3H3,(H,29,35)(H,33,34)/t18-,21?/m0/s1. The quantitative estimate of drug-likeness (QED) is 0.352. The molecule has 11 heteroatoms. The van der Waals surface area contributed by atoms with Crippen LogP contribution in [-0.2, 0) is 4.79 Å². The highest BCUT2D eigenvalue weighted by atomic mass is 35.5. The van der Waals surface area contributed by atoms with Crippen molar-refractivity contribution in [2.75, 3.05) is 6.61 Å². The zero-order valence-corrected chi connectivity index (χ0v) is 21.3. The van der Waals surface area contributed by atoms with Crippen molar-refractivity contribution >= 4 is 35.1 Å². The number of aliphatic hydroxyl groups excluding tert-OH is 1. The Hall–Kier alpha value is -3.14. The first-order valence-corrected chi connectivity index (χ1v) is 11.8. The SMILES string of the molecule is CC(C)(C)C(O)COc1cc(C(=O)N[C@@H](CC(=O)O)c2ccc(Cl)cc2Cl)nn1-c1ccccc1F. The van der Waals surface area contributed by atoms with E-state index in [2.05, 4.69) is 10.4 Å². The van der Waals surface area contributed by atoms with Gasteiger partial charge >= 0.3 is 5.97 Å². The van der Waals surface area contributed by atoms with E-state index in [1.807, 2.05) is 20.8 Å². The number of para-hydroxylation sites is 1. The first-order chi connectivity index (χ1) is 16.9. The molecule has 1 aromatic heterocycles. The Labute approximate surface area is 217 Å². The number of halogens is 3. The number of nitrogens with one attached hydrogen (secondary N) is 1. The van der Waals surface area contributed by atoms with Crippen LogP contribution in [0.15, 0.2) is 48.5 Å². The fourth-order valence-electron chi connectivity index (χ4n) is 3.22. The maximum Gasteiger partial charge on any atom is 0.305 e. The van der Waals surface area contributed by atoms with Gasteiger partial charge in [-0.3, -0.25) is 9.59 Å². The first-order valence-electron chi connectivity index (χ1n) is 11.0. The van der Waals surface area contributed by atoms with E-state index in [4.69, 9.17) is 27.9 Å². The molecule has 0 saturated heterocycles. The molecule has 1 unspecified atom stereocenters. The molecule has 0 bridgehead atoms. The summed E-state index contributed by atoms with van der Waals surface area (Å²) in [6.07, 6.45) is -1.31. The molecule has 36 heavy (non-hydrogen) atoms. The van der Waals surface area contributed by atoms with Gasteiger partial charge in [0.25, 0.3) is 5.91 Å². The number of hydrogen-bond acceptors (Lipinski definition) is 5. The van der Waals surface area contributed by atoms with E-state index in [0.29, 0.717) is 10.6 Å². The second-order valence-electron chi connectivity index (χ2n) is 9.21. The maximum absolute atomic E-state index is 14.5. The molecule has 0 aliphatic carbocycles. The lowest BCUT2D eigenvalue weighted by molar-refractivity contribution is -0.137. The molecule has 0 aliphatic heterocycles. The molecular weight excluding hydrogens is 512 g/mol. The average molecular weight is 538 g/mol. The number of rotatable bonds is 9. The molecule has 192 valence electrons. The number of amides is 1. The van der Waals surface area contributed by atoms with Crippen LogP contribution in [-0.4, -0.2) is 44.6 Å². The van der Waals surface area contributed by atoms with E-state index in [1.54, 1.807) is 6.07 Å². The van der Waals surface area contributed by atoms with Gasteiger partial charge in [-0.15, -0.1) is 0 Å². The van der Waals surface area contributed by atoms with Gasteiger partial charge in [0.15, 0.2) is 5.69 Å². The van der Waals surface area contributed by atoms with Crippen LogP contribution in [0.4, 0.5) is 4.39 Å². The maximum atomic E-state index is 14.5. The number of aromatic nitrogens is 2. The zero-order chi connectivity index (χ0) is 26.6. The Morgan fingerprint density at radius 2 is 1.86 bits per heavy atom. The molecule has 1 heterocycles. The third kappa shape index (κ3) is 6.75. The number of carboxylic acid groups (broad SMARTS) is 1. The van der Waals surface area contributed by atoms with Crippen molar-refractivity contribution in [3.8, 4) is 11.6 Å². The zero-order valence-electron chi connectivity index (χ0n) is 19.8. The van der Waals surface area contributed by atoms with Crippen molar-refractivity contribution in [1.82, 2.24) is 15.1 Å². The Kier molecular flexibility index (Phi) is 8.60. The normalized spacial score (nSPS) is 13.2. The first kappa shape index (κ1) is 27.4. The van der Waals surface area contributed by atoms with Crippen molar-refractivity contribution < 1.29 is 28.9 Å². The lowest BCUT2D eigenvalue weighted by Gasteiger charge is -2.25. The van der Waals surface area contributed by atoms with Crippen LogP contribution in [0.2, 0.25) is 10.0 Å². The second-order valence-corrected chi connectivity index (χ2v) is 10.1. The van der Waals surface area contributed by atoms with Gasteiger partial charge in [-0.2, -0.15) is 9.78 Å². The molecule has 0 aliphatic rings. The third-order valence-electron chi connectivity index (χ3n) is 5.40. The molecule has 2 aromatic carbocycles. The van der Waals surface area contributed by atoms with Crippen LogP contribution >= 0.6 is 23.2 Å². The summed E-state index contributed by atoms with van der Waals surface area (Å²) < 4.78 is 21.4. The van der Waals surface area contributed by atoms with Crippen molar-refractivity contribution in [2.24, 2.45) is 5.41 Å². The number of aliphatic carboxylic acids is 1.